The summed E-state index contributed by atoms with van der Waals surface area (Å²) in [4.78, 5) is 23.2. The van der Waals surface area contributed by atoms with Gasteiger partial charge in [-0.2, -0.15) is 0 Å². The zero-order chi connectivity index (χ0) is 15.4. The van der Waals surface area contributed by atoms with Crippen molar-refractivity contribution in [3.8, 4) is 0 Å². The first-order valence-corrected chi connectivity index (χ1v) is 6.63. The van der Waals surface area contributed by atoms with Crippen molar-refractivity contribution in [2.24, 2.45) is 5.73 Å². The number of furan rings is 1. The smallest absolute Gasteiger partial charge is 0.338 e. The lowest BCUT2D eigenvalue weighted by Crippen LogP contribution is -2.15. The number of ether oxygens (including phenoxy) is 1. The van der Waals surface area contributed by atoms with Gasteiger partial charge >= 0.3 is 5.97 Å². The fourth-order valence-electron chi connectivity index (χ4n) is 2.02. The van der Waals surface area contributed by atoms with Gasteiger partial charge in [0.2, 0.25) is 5.91 Å². The molecule has 0 aliphatic carbocycles. The van der Waals surface area contributed by atoms with E-state index < -0.39 is 11.9 Å². The Hall–Kier alpha value is -2.27. The van der Waals surface area contributed by atoms with E-state index in [4.69, 9.17) is 26.5 Å². The molecule has 1 amide bonds. The Morgan fingerprint density at radius 2 is 2.05 bits per heavy atom. The van der Waals surface area contributed by atoms with E-state index in [9.17, 15) is 9.59 Å². The molecule has 0 fully saturated rings. The van der Waals surface area contributed by atoms with Gasteiger partial charge in [-0.25, -0.2) is 4.79 Å². The van der Waals surface area contributed by atoms with E-state index in [2.05, 4.69) is 0 Å². The number of benzene rings is 1. The standard InChI is InChI=1S/C15H14ClNO4/c1-20-15(19)11-8-12(14(17)18)13(16)7-9(11)4-5-10-3-2-6-21-10/h2-3,6-8H,4-5H2,1H3,(H2,17,18). The van der Waals surface area contributed by atoms with Crippen LogP contribution in [0.5, 0.6) is 0 Å². The summed E-state index contributed by atoms with van der Waals surface area (Å²) in [5, 5.41) is 0.213. The van der Waals surface area contributed by atoms with Crippen molar-refractivity contribution in [1.82, 2.24) is 0 Å². The van der Waals surface area contributed by atoms with Gasteiger partial charge in [0, 0.05) is 6.42 Å². The second kappa shape index (κ2) is 6.45. The van der Waals surface area contributed by atoms with Crippen LogP contribution in [-0.4, -0.2) is 19.0 Å². The zero-order valence-electron chi connectivity index (χ0n) is 11.4. The van der Waals surface area contributed by atoms with E-state index in [0.717, 1.165) is 5.76 Å². The van der Waals surface area contributed by atoms with Crippen molar-refractivity contribution in [3.63, 3.8) is 0 Å². The highest BCUT2D eigenvalue weighted by Gasteiger charge is 2.18. The van der Waals surface area contributed by atoms with Crippen LogP contribution in [0, 0.1) is 0 Å². The normalized spacial score (nSPS) is 10.4. The van der Waals surface area contributed by atoms with Gasteiger partial charge in [0.15, 0.2) is 0 Å². The Bertz CT molecular complexity index is 665. The molecule has 2 N–H and O–H groups in total. The summed E-state index contributed by atoms with van der Waals surface area (Å²) in [7, 11) is 1.27. The van der Waals surface area contributed by atoms with E-state index in [1.165, 1.54) is 13.2 Å². The highest BCUT2D eigenvalue weighted by atomic mass is 35.5. The molecular weight excluding hydrogens is 294 g/mol. The van der Waals surface area contributed by atoms with Crippen molar-refractivity contribution in [1.29, 1.82) is 0 Å². The van der Waals surface area contributed by atoms with Crippen molar-refractivity contribution in [2.45, 2.75) is 12.8 Å². The van der Waals surface area contributed by atoms with Crippen LogP contribution in [0.2, 0.25) is 5.02 Å². The monoisotopic (exact) mass is 307 g/mol. The van der Waals surface area contributed by atoms with Crippen molar-refractivity contribution >= 4 is 23.5 Å². The molecule has 2 rings (SSSR count). The molecule has 1 aromatic carbocycles. The number of nitrogens with two attached hydrogens (primary N) is 1. The minimum Gasteiger partial charge on any atom is -0.469 e. The molecule has 0 unspecified atom stereocenters. The van der Waals surface area contributed by atoms with Crippen molar-refractivity contribution in [3.05, 3.63) is 58.0 Å². The summed E-state index contributed by atoms with van der Waals surface area (Å²) in [5.74, 6) is -0.438. The number of methoxy groups -OCH3 is 1. The van der Waals surface area contributed by atoms with Gasteiger partial charge in [-0.05, 0) is 36.2 Å². The third kappa shape index (κ3) is 3.44. The molecule has 0 saturated heterocycles. The number of aryl methyl sites for hydroxylation is 2. The van der Waals surface area contributed by atoms with Gasteiger partial charge in [-0.3, -0.25) is 4.79 Å². The van der Waals surface area contributed by atoms with E-state index in [0.29, 0.717) is 18.4 Å². The summed E-state index contributed by atoms with van der Waals surface area (Å²) in [6.07, 6.45) is 2.71. The molecular formula is C15H14ClNO4. The van der Waals surface area contributed by atoms with E-state index >= 15 is 0 Å². The van der Waals surface area contributed by atoms with Crippen LogP contribution in [0.1, 0.15) is 32.0 Å². The average Bonchev–Trinajstić information content (AvgIpc) is 2.97. The van der Waals surface area contributed by atoms with Crippen molar-refractivity contribution in [2.75, 3.05) is 7.11 Å². The first-order valence-electron chi connectivity index (χ1n) is 6.26. The Kier molecular flexibility index (Phi) is 4.65. The SMILES string of the molecule is COC(=O)c1cc(C(N)=O)c(Cl)cc1CCc1ccco1. The zero-order valence-corrected chi connectivity index (χ0v) is 12.1. The quantitative estimate of drug-likeness (QED) is 0.861. The second-order valence-electron chi connectivity index (χ2n) is 4.42. The molecule has 0 spiro atoms. The molecule has 6 heteroatoms. The molecule has 21 heavy (non-hydrogen) atoms. The fourth-order valence-corrected chi connectivity index (χ4v) is 2.30. The maximum Gasteiger partial charge on any atom is 0.338 e. The summed E-state index contributed by atoms with van der Waals surface area (Å²) in [5.41, 5.74) is 6.29. The molecule has 0 atom stereocenters. The average molecular weight is 308 g/mol. The third-order valence-corrected chi connectivity index (χ3v) is 3.40. The number of hydrogen-bond donors (Lipinski definition) is 1. The number of primary amides is 1. The number of amides is 1. The number of esters is 1. The molecule has 5 nitrogen and oxygen atoms in total. The highest BCUT2D eigenvalue weighted by Crippen LogP contribution is 2.23. The minimum atomic E-state index is -0.692. The molecule has 0 aliphatic rings. The van der Waals surface area contributed by atoms with E-state index in [1.54, 1.807) is 18.4 Å². The van der Waals surface area contributed by atoms with Crippen LogP contribution >= 0.6 is 11.6 Å². The topological polar surface area (TPSA) is 82.5 Å². The molecule has 0 radical (unpaired) electrons. The lowest BCUT2D eigenvalue weighted by Gasteiger charge is -2.10. The number of hydrogen-bond acceptors (Lipinski definition) is 4. The van der Waals surface area contributed by atoms with Crippen LogP contribution in [0.15, 0.2) is 34.9 Å². The Morgan fingerprint density at radius 3 is 2.62 bits per heavy atom. The summed E-state index contributed by atoms with van der Waals surface area (Å²) in [6.45, 7) is 0. The predicted molar refractivity (Wildman–Crippen MR) is 77.4 cm³/mol. The van der Waals surface area contributed by atoms with Crippen LogP contribution < -0.4 is 5.73 Å². The van der Waals surface area contributed by atoms with Gasteiger partial charge in [0.25, 0.3) is 0 Å². The van der Waals surface area contributed by atoms with Crippen molar-refractivity contribution < 1.29 is 18.7 Å². The summed E-state index contributed by atoms with van der Waals surface area (Å²) in [6, 6.07) is 6.57. The number of carbonyl (C=O) groups excluding carboxylic acids is 2. The van der Waals surface area contributed by atoms with Gasteiger partial charge in [-0.1, -0.05) is 11.6 Å². The molecule has 0 saturated carbocycles. The van der Waals surface area contributed by atoms with Gasteiger partial charge in [0.1, 0.15) is 5.76 Å². The highest BCUT2D eigenvalue weighted by molar-refractivity contribution is 6.34. The molecule has 0 aliphatic heterocycles. The fraction of sp³-hybridized carbons (Fsp3) is 0.200. The predicted octanol–water partition coefficient (Wildman–Crippen LogP) is 2.60. The molecule has 2 aromatic rings. The van der Waals surface area contributed by atoms with Crippen LogP contribution in [0.3, 0.4) is 0 Å². The maximum absolute atomic E-state index is 11.8. The minimum absolute atomic E-state index is 0.0961. The van der Waals surface area contributed by atoms with Crippen LogP contribution in [-0.2, 0) is 17.6 Å². The number of carbonyl (C=O) groups is 2. The summed E-state index contributed by atoms with van der Waals surface area (Å²) >= 11 is 6.03. The summed E-state index contributed by atoms with van der Waals surface area (Å²) < 4.78 is 9.98. The lowest BCUT2D eigenvalue weighted by molar-refractivity contribution is 0.0599. The third-order valence-electron chi connectivity index (χ3n) is 3.08. The van der Waals surface area contributed by atoms with E-state index in [1.807, 2.05) is 6.07 Å². The maximum atomic E-state index is 11.8. The first-order chi connectivity index (χ1) is 10.0. The molecule has 1 aromatic heterocycles. The largest absolute Gasteiger partial charge is 0.469 e. The van der Waals surface area contributed by atoms with Crippen LogP contribution in [0.25, 0.3) is 0 Å². The lowest BCUT2D eigenvalue weighted by atomic mass is 9.99. The Balaban J connectivity index is 2.35. The molecule has 110 valence electrons. The van der Waals surface area contributed by atoms with E-state index in [-0.39, 0.29) is 16.1 Å². The Labute approximate surface area is 126 Å². The molecule has 1 heterocycles. The van der Waals surface area contributed by atoms with Gasteiger partial charge in [0.05, 0.1) is 29.5 Å². The van der Waals surface area contributed by atoms with Gasteiger partial charge < -0.3 is 14.9 Å². The Morgan fingerprint density at radius 1 is 1.29 bits per heavy atom. The number of rotatable bonds is 5. The van der Waals surface area contributed by atoms with Gasteiger partial charge in [-0.15, -0.1) is 0 Å². The molecule has 0 bridgehead atoms. The second-order valence-corrected chi connectivity index (χ2v) is 4.83. The first kappa shape index (κ1) is 15.1. The van der Waals surface area contributed by atoms with Crippen LogP contribution in [0.4, 0.5) is 0 Å². The number of halogens is 1.